The van der Waals surface area contributed by atoms with Gasteiger partial charge in [-0.25, -0.2) is 24.5 Å². The molecular formula is C23H36N6O7S. The molecule has 37 heavy (non-hydrogen) atoms. The number of anilines is 1. The molecule has 1 saturated heterocycles. The van der Waals surface area contributed by atoms with Crippen molar-refractivity contribution >= 4 is 40.8 Å². The Morgan fingerprint density at radius 3 is 2.73 bits per heavy atom. The van der Waals surface area contributed by atoms with Crippen LogP contribution in [0.3, 0.4) is 0 Å². The maximum absolute atomic E-state index is 12.5. The number of carbonyl (C=O) groups excluding carboxylic acids is 2. The first-order valence-electron chi connectivity index (χ1n) is 12.2. The number of esters is 1. The highest BCUT2D eigenvalue weighted by Crippen LogP contribution is 2.33. The molecule has 14 heteroatoms. The summed E-state index contributed by atoms with van der Waals surface area (Å²) < 4.78 is 18.0. The summed E-state index contributed by atoms with van der Waals surface area (Å²) in [4.78, 5) is 37.0. The van der Waals surface area contributed by atoms with Crippen LogP contribution in [-0.4, -0.2) is 89.9 Å². The summed E-state index contributed by atoms with van der Waals surface area (Å²) in [6, 6.07) is -0.880. The minimum Gasteiger partial charge on any atom is -0.464 e. The topological polar surface area (TPSA) is 184 Å². The highest BCUT2D eigenvalue weighted by Gasteiger charge is 2.44. The SMILES string of the molecule is CCCCOC(=O)[C@H](CCSC[C@H]1O[C@@H](n2cnc3c(N)ncnc32)[C@H](O)[C@@H]1O)NC(=O)OC(C)(C)C. The Balaban J connectivity index is 1.55. The molecule has 3 heterocycles. The molecule has 0 bridgehead atoms. The molecule has 1 fully saturated rings. The molecular weight excluding hydrogens is 504 g/mol. The number of aliphatic hydroxyl groups is 2. The molecule has 5 N–H and O–H groups in total. The van der Waals surface area contributed by atoms with Gasteiger partial charge in [-0.05, 0) is 39.4 Å². The van der Waals surface area contributed by atoms with E-state index in [1.807, 2.05) is 6.92 Å². The second-order valence-corrected chi connectivity index (χ2v) is 10.9. The maximum atomic E-state index is 12.5. The summed E-state index contributed by atoms with van der Waals surface area (Å²) in [5, 5.41) is 23.8. The highest BCUT2D eigenvalue weighted by molar-refractivity contribution is 7.99. The summed E-state index contributed by atoms with van der Waals surface area (Å²) >= 11 is 1.41. The summed E-state index contributed by atoms with van der Waals surface area (Å²) in [6.45, 7) is 7.47. The smallest absolute Gasteiger partial charge is 0.408 e. The molecule has 0 spiro atoms. The third-order valence-electron chi connectivity index (χ3n) is 5.55. The minimum atomic E-state index is -1.21. The first-order chi connectivity index (χ1) is 17.5. The molecule has 0 unspecified atom stereocenters. The van der Waals surface area contributed by atoms with E-state index in [-0.39, 0.29) is 18.8 Å². The number of imidazole rings is 1. The Kier molecular flexibility index (Phi) is 9.93. The number of alkyl carbamates (subject to hydrolysis) is 1. The number of nitrogens with two attached hydrogens (primary N) is 1. The predicted octanol–water partition coefficient (Wildman–Crippen LogP) is 1.39. The Hall–Kier alpha value is -2.68. The molecule has 5 atom stereocenters. The molecule has 206 valence electrons. The van der Waals surface area contributed by atoms with Gasteiger partial charge in [0.05, 0.1) is 19.0 Å². The third-order valence-corrected chi connectivity index (χ3v) is 6.64. The van der Waals surface area contributed by atoms with Crippen molar-refractivity contribution < 1.29 is 34.0 Å². The number of hydrogen-bond acceptors (Lipinski definition) is 12. The van der Waals surface area contributed by atoms with Crippen LogP contribution in [0.5, 0.6) is 0 Å². The summed E-state index contributed by atoms with van der Waals surface area (Å²) in [7, 11) is 0. The van der Waals surface area contributed by atoms with Crippen molar-refractivity contribution in [3.63, 3.8) is 0 Å². The molecule has 2 aromatic rings. The monoisotopic (exact) mass is 540 g/mol. The van der Waals surface area contributed by atoms with Crippen LogP contribution < -0.4 is 11.1 Å². The van der Waals surface area contributed by atoms with Gasteiger partial charge in [-0.15, -0.1) is 0 Å². The number of aromatic nitrogens is 4. The van der Waals surface area contributed by atoms with Gasteiger partial charge < -0.3 is 35.5 Å². The number of nitrogen functional groups attached to an aromatic ring is 1. The summed E-state index contributed by atoms with van der Waals surface area (Å²) in [6.07, 6.45) is -0.0505. The third kappa shape index (κ3) is 7.66. The van der Waals surface area contributed by atoms with Crippen LogP contribution in [0.2, 0.25) is 0 Å². The van der Waals surface area contributed by atoms with E-state index in [9.17, 15) is 19.8 Å². The van der Waals surface area contributed by atoms with Crippen molar-refractivity contribution in [2.24, 2.45) is 0 Å². The van der Waals surface area contributed by atoms with Crippen molar-refractivity contribution in [1.29, 1.82) is 0 Å². The molecule has 0 saturated carbocycles. The Morgan fingerprint density at radius 2 is 2.03 bits per heavy atom. The Morgan fingerprint density at radius 1 is 1.27 bits per heavy atom. The van der Waals surface area contributed by atoms with E-state index in [4.69, 9.17) is 19.9 Å². The van der Waals surface area contributed by atoms with Gasteiger partial charge in [-0.1, -0.05) is 13.3 Å². The standard InChI is InChI=1S/C23H36N6O7S/c1-5-6-8-34-21(32)13(28-22(33)36-23(2,3)4)7-9-37-10-14-16(30)17(31)20(35-14)29-12-27-15-18(24)25-11-26-19(15)29/h11-14,16-17,20,30-31H,5-10H2,1-4H3,(H,28,33)(H2,24,25,26)/t13-,14+,16+,17+,20+/m0/s1. The normalized spacial score (nSPS) is 22.6. The minimum absolute atomic E-state index is 0.201. The van der Waals surface area contributed by atoms with Crippen molar-refractivity contribution in [2.75, 3.05) is 23.8 Å². The molecule has 0 aliphatic carbocycles. The second-order valence-electron chi connectivity index (χ2n) is 9.71. The number of ether oxygens (including phenoxy) is 3. The number of fused-ring (bicyclic) bond motifs is 1. The second kappa shape index (κ2) is 12.7. The zero-order valence-electron chi connectivity index (χ0n) is 21.5. The van der Waals surface area contributed by atoms with Crippen LogP contribution in [0.15, 0.2) is 12.7 Å². The number of nitrogens with one attached hydrogen (secondary N) is 1. The summed E-state index contributed by atoms with van der Waals surface area (Å²) in [5.74, 6) is 0.462. The van der Waals surface area contributed by atoms with Crippen LogP contribution in [0.1, 0.15) is 53.2 Å². The van der Waals surface area contributed by atoms with Crippen molar-refractivity contribution in [2.45, 2.75) is 83.1 Å². The average Bonchev–Trinajstić information content (AvgIpc) is 3.37. The summed E-state index contributed by atoms with van der Waals surface area (Å²) in [5.41, 5.74) is 5.88. The molecule has 0 aromatic carbocycles. The van der Waals surface area contributed by atoms with E-state index in [1.165, 1.54) is 29.0 Å². The van der Waals surface area contributed by atoms with Gasteiger partial charge in [0.2, 0.25) is 0 Å². The number of amides is 1. The molecule has 1 amide bonds. The van der Waals surface area contributed by atoms with E-state index in [0.717, 1.165) is 12.8 Å². The number of carbonyl (C=O) groups is 2. The fourth-order valence-corrected chi connectivity index (χ4v) is 4.75. The zero-order valence-corrected chi connectivity index (χ0v) is 22.3. The predicted molar refractivity (Wildman–Crippen MR) is 137 cm³/mol. The average molecular weight is 541 g/mol. The van der Waals surface area contributed by atoms with Crippen molar-refractivity contribution in [3.05, 3.63) is 12.7 Å². The first-order valence-corrected chi connectivity index (χ1v) is 13.4. The lowest BCUT2D eigenvalue weighted by Gasteiger charge is -2.23. The first kappa shape index (κ1) is 28.9. The highest BCUT2D eigenvalue weighted by atomic mass is 32.2. The van der Waals surface area contributed by atoms with Crippen LogP contribution in [0.25, 0.3) is 11.2 Å². The molecule has 1 aliphatic rings. The Bertz CT molecular complexity index is 1060. The van der Waals surface area contributed by atoms with E-state index in [2.05, 4.69) is 20.3 Å². The van der Waals surface area contributed by atoms with Gasteiger partial charge in [-0.2, -0.15) is 11.8 Å². The zero-order chi connectivity index (χ0) is 27.2. The fraction of sp³-hybridized carbons (Fsp3) is 0.696. The lowest BCUT2D eigenvalue weighted by Crippen LogP contribution is -2.44. The molecule has 2 aromatic heterocycles. The maximum Gasteiger partial charge on any atom is 0.408 e. The van der Waals surface area contributed by atoms with Gasteiger partial charge in [0.15, 0.2) is 17.7 Å². The lowest BCUT2D eigenvalue weighted by atomic mass is 10.1. The van der Waals surface area contributed by atoms with Gasteiger partial charge >= 0.3 is 12.1 Å². The van der Waals surface area contributed by atoms with E-state index < -0.39 is 48.2 Å². The number of hydrogen-bond donors (Lipinski definition) is 4. The number of aliphatic hydroxyl groups excluding tert-OH is 2. The largest absolute Gasteiger partial charge is 0.464 e. The van der Waals surface area contributed by atoms with Crippen LogP contribution >= 0.6 is 11.8 Å². The molecule has 13 nitrogen and oxygen atoms in total. The van der Waals surface area contributed by atoms with E-state index in [0.29, 0.717) is 22.7 Å². The molecule has 0 radical (unpaired) electrons. The fourth-order valence-electron chi connectivity index (χ4n) is 3.67. The van der Waals surface area contributed by atoms with Gasteiger partial charge in [0.25, 0.3) is 0 Å². The van der Waals surface area contributed by atoms with E-state index >= 15 is 0 Å². The van der Waals surface area contributed by atoms with Gasteiger partial charge in [0.1, 0.15) is 35.7 Å². The quantitative estimate of drug-likeness (QED) is 0.237. The van der Waals surface area contributed by atoms with Crippen LogP contribution in [0, 0.1) is 0 Å². The van der Waals surface area contributed by atoms with Crippen LogP contribution in [0.4, 0.5) is 10.6 Å². The van der Waals surface area contributed by atoms with Gasteiger partial charge in [0, 0.05) is 5.75 Å². The number of rotatable bonds is 11. The number of thioether (sulfide) groups is 1. The molecule has 3 rings (SSSR count). The van der Waals surface area contributed by atoms with Crippen molar-refractivity contribution in [1.82, 2.24) is 24.8 Å². The number of nitrogens with zero attached hydrogens (tertiary/aromatic N) is 4. The van der Waals surface area contributed by atoms with Crippen molar-refractivity contribution in [3.8, 4) is 0 Å². The Labute approximate surface area is 219 Å². The lowest BCUT2D eigenvalue weighted by molar-refractivity contribution is -0.146. The number of unbranched alkanes of at least 4 members (excludes halogenated alkanes) is 1. The van der Waals surface area contributed by atoms with Gasteiger partial charge in [-0.3, -0.25) is 4.57 Å². The van der Waals surface area contributed by atoms with E-state index in [1.54, 1.807) is 20.8 Å². The van der Waals surface area contributed by atoms with Crippen LogP contribution in [-0.2, 0) is 19.0 Å². The molecule has 1 aliphatic heterocycles.